The number of allylic oxidation sites excluding steroid dienone is 1. The number of benzene rings is 2. The van der Waals surface area contributed by atoms with Gasteiger partial charge in [0, 0.05) is 36.2 Å². The fourth-order valence-electron chi connectivity index (χ4n) is 7.68. The average Bonchev–Trinajstić information content (AvgIpc) is 3.09. The number of methoxy groups -OCH3 is 1. The van der Waals surface area contributed by atoms with E-state index in [9.17, 15) is 13.2 Å². The molecular weight excluding hydrogens is 572 g/mol. The molecule has 0 radical (unpaired) electrons. The second-order valence-corrected chi connectivity index (χ2v) is 15.1. The quantitative estimate of drug-likeness (QED) is 0.404. The molecule has 2 aliphatic heterocycles. The van der Waals surface area contributed by atoms with Crippen LogP contribution in [0.4, 0.5) is 5.69 Å². The highest BCUT2D eigenvalue weighted by Crippen LogP contribution is 2.47. The summed E-state index contributed by atoms with van der Waals surface area (Å²) in [4.78, 5) is 15.6. The van der Waals surface area contributed by atoms with Gasteiger partial charge in [-0.15, -0.1) is 0 Å². The number of nitrogens with one attached hydrogen (secondary N) is 1. The van der Waals surface area contributed by atoms with Gasteiger partial charge in [0.25, 0.3) is 5.91 Å². The van der Waals surface area contributed by atoms with Crippen LogP contribution in [0.1, 0.15) is 67.4 Å². The molecule has 5 atom stereocenters. The minimum atomic E-state index is -3.80. The van der Waals surface area contributed by atoms with Crippen LogP contribution in [0.5, 0.6) is 5.75 Å². The summed E-state index contributed by atoms with van der Waals surface area (Å²) in [7, 11) is -2.02. The van der Waals surface area contributed by atoms with Gasteiger partial charge in [0.2, 0.25) is 10.0 Å². The van der Waals surface area contributed by atoms with Crippen LogP contribution in [0.3, 0.4) is 0 Å². The number of amides is 1. The van der Waals surface area contributed by atoms with E-state index in [0.717, 1.165) is 67.2 Å². The Labute approximate surface area is 254 Å². The zero-order chi connectivity index (χ0) is 29.6. The van der Waals surface area contributed by atoms with E-state index in [2.05, 4.69) is 34.8 Å². The molecule has 1 unspecified atom stereocenters. The maximum absolute atomic E-state index is 13.2. The van der Waals surface area contributed by atoms with Crippen LogP contribution in [0.15, 0.2) is 48.0 Å². The number of aryl methyl sites for hydroxylation is 1. The Balaban J connectivity index is 1.43. The average molecular weight is 613 g/mol. The Hall–Kier alpha value is -2.55. The van der Waals surface area contributed by atoms with Gasteiger partial charge in [0.05, 0.1) is 24.2 Å². The summed E-state index contributed by atoms with van der Waals surface area (Å²) in [6.07, 6.45) is 7.78. The predicted molar refractivity (Wildman–Crippen MR) is 166 cm³/mol. The Kier molecular flexibility index (Phi) is 8.09. The van der Waals surface area contributed by atoms with Gasteiger partial charge in [-0.3, -0.25) is 4.79 Å². The minimum absolute atomic E-state index is 0.0176. The summed E-state index contributed by atoms with van der Waals surface area (Å²) in [5.41, 5.74) is 4.63. The first-order valence-corrected chi connectivity index (χ1v) is 17.2. The molecule has 42 heavy (non-hydrogen) atoms. The molecule has 1 N–H and O–H groups in total. The maximum Gasteiger partial charge on any atom is 0.264 e. The largest absolute Gasteiger partial charge is 0.490 e. The highest BCUT2D eigenvalue weighted by molar-refractivity contribution is 7.90. The third-order valence-corrected chi connectivity index (χ3v) is 11.5. The lowest BCUT2D eigenvalue weighted by molar-refractivity contribution is 0.00601. The Morgan fingerprint density at radius 2 is 1.98 bits per heavy atom. The predicted octanol–water partition coefficient (Wildman–Crippen LogP) is 5.90. The molecule has 0 saturated heterocycles. The van der Waals surface area contributed by atoms with Crippen molar-refractivity contribution in [3.63, 3.8) is 0 Å². The summed E-state index contributed by atoms with van der Waals surface area (Å²) in [5, 5.41) is 0.750. The van der Waals surface area contributed by atoms with E-state index < -0.39 is 15.9 Å². The van der Waals surface area contributed by atoms with Crippen LogP contribution in [-0.2, 0) is 26.6 Å². The molecule has 6 rings (SSSR count). The Morgan fingerprint density at radius 3 is 2.74 bits per heavy atom. The fraction of sp³-hybridized carbons (Fsp3) is 0.545. The molecule has 1 amide bonds. The van der Waals surface area contributed by atoms with Crippen molar-refractivity contribution in [1.82, 2.24) is 4.72 Å². The molecular formula is C33H41ClN2O5S. The molecule has 1 saturated carbocycles. The molecule has 2 bridgehead atoms. The Morgan fingerprint density at radius 1 is 1.14 bits per heavy atom. The number of sulfonamides is 1. The molecule has 0 aromatic heterocycles. The highest BCUT2D eigenvalue weighted by atomic mass is 35.5. The summed E-state index contributed by atoms with van der Waals surface area (Å²) in [5.74, 6) is 0.797. The van der Waals surface area contributed by atoms with E-state index in [1.54, 1.807) is 13.2 Å². The number of hydrogen-bond acceptors (Lipinski definition) is 6. The summed E-state index contributed by atoms with van der Waals surface area (Å²) in [6, 6.07) is 11.5. The lowest BCUT2D eigenvalue weighted by Crippen LogP contribution is -2.50. The minimum Gasteiger partial charge on any atom is -0.490 e. The number of carbonyl (C=O) groups is 1. The van der Waals surface area contributed by atoms with Gasteiger partial charge < -0.3 is 14.4 Å². The molecule has 226 valence electrons. The normalized spacial score (nSPS) is 32.2. The molecule has 1 fully saturated rings. The van der Waals surface area contributed by atoms with E-state index in [1.165, 1.54) is 11.1 Å². The summed E-state index contributed by atoms with van der Waals surface area (Å²) >= 11 is 6.41. The fourth-order valence-corrected chi connectivity index (χ4v) is 9.06. The Bertz CT molecular complexity index is 1510. The highest BCUT2D eigenvalue weighted by Gasteiger charge is 2.45. The van der Waals surface area contributed by atoms with Crippen molar-refractivity contribution in [2.24, 2.45) is 17.8 Å². The van der Waals surface area contributed by atoms with E-state index in [-0.39, 0.29) is 23.2 Å². The van der Waals surface area contributed by atoms with E-state index in [0.29, 0.717) is 30.4 Å². The second-order valence-electron chi connectivity index (χ2n) is 12.9. The number of anilines is 1. The third-order valence-electron chi connectivity index (χ3n) is 9.96. The first-order chi connectivity index (χ1) is 20.1. The standard InChI is InChI=1S/C33H41ClN2O5S/c1-21-12-14-42(38,39)35-32(37)24-7-11-30-29(17-24)36(18-25-6-9-27(25)31(40-3)22(2)15-21)19-33(20-41-30)13-4-5-23-16-26(34)8-10-28(23)33/h7-8,10-11,15-17,21,25,27,31H,4-6,9,12-14,18-20H2,1-3H3,(H,35,37)/b22-15+/t21?,25-,27+,31+,33-/m0/s1. The zero-order valence-corrected chi connectivity index (χ0v) is 26.3. The number of hydrogen-bond donors (Lipinski definition) is 1. The molecule has 2 aromatic carbocycles. The summed E-state index contributed by atoms with van der Waals surface area (Å²) in [6.45, 7) is 6.19. The second kappa shape index (κ2) is 11.5. The van der Waals surface area contributed by atoms with Gasteiger partial charge in [-0.2, -0.15) is 0 Å². The van der Waals surface area contributed by atoms with Crippen LogP contribution in [0.25, 0.3) is 0 Å². The van der Waals surface area contributed by atoms with Crippen molar-refractivity contribution in [2.75, 3.05) is 37.5 Å². The molecule has 7 nitrogen and oxygen atoms in total. The number of halogens is 1. The first-order valence-electron chi connectivity index (χ1n) is 15.1. The molecule has 1 spiro atoms. The lowest BCUT2D eigenvalue weighted by atomic mass is 9.67. The van der Waals surface area contributed by atoms with Gasteiger partial charge >= 0.3 is 0 Å². The zero-order valence-electron chi connectivity index (χ0n) is 24.7. The number of nitrogens with zero attached hydrogens (tertiary/aromatic N) is 1. The third kappa shape index (κ3) is 5.70. The van der Waals surface area contributed by atoms with Crippen molar-refractivity contribution in [2.45, 2.75) is 63.9 Å². The topological polar surface area (TPSA) is 84.9 Å². The van der Waals surface area contributed by atoms with E-state index in [4.69, 9.17) is 21.1 Å². The van der Waals surface area contributed by atoms with Crippen LogP contribution >= 0.6 is 11.6 Å². The van der Waals surface area contributed by atoms with Gasteiger partial charge in [-0.05, 0) is 110 Å². The van der Waals surface area contributed by atoms with Crippen LogP contribution in [0, 0.1) is 17.8 Å². The van der Waals surface area contributed by atoms with Crippen molar-refractivity contribution in [3.05, 3.63) is 69.8 Å². The van der Waals surface area contributed by atoms with Crippen LogP contribution in [0.2, 0.25) is 5.02 Å². The number of ether oxygens (including phenoxy) is 2. The van der Waals surface area contributed by atoms with E-state index in [1.807, 2.05) is 25.1 Å². The molecule has 2 heterocycles. The van der Waals surface area contributed by atoms with Crippen molar-refractivity contribution in [3.8, 4) is 5.75 Å². The number of rotatable bonds is 1. The number of fused-ring (bicyclic) bond motifs is 4. The maximum atomic E-state index is 13.2. The van der Waals surface area contributed by atoms with Crippen LogP contribution < -0.4 is 14.4 Å². The van der Waals surface area contributed by atoms with E-state index >= 15 is 0 Å². The van der Waals surface area contributed by atoms with Gasteiger partial charge in [-0.1, -0.05) is 30.7 Å². The smallest absolute Gasteiger partial charge is 0.264 e. The van der Waals surface area contributed by atoms with Gasteiger partial charge in [0.15, 0.2) is 0 Å². The van der Waals surface area contributed by atoms with Crippen molar-refractivity contribution >= 4 is 33.2 Å². The monoisotopic (exact) mass is 612 g/mol. The summed E-state index contributed by atoms with van der Waals surface area (Å²) < 4.78 is 40.7. The van der Waals surface area contributed by atoms with Crippen molar-refractivity contribution in [1.29, 1.82) is 0 Å². The molecule has 4 aliphatic rings. The van der Waals surface area contributed by atoms with Gasteiger partial charge in [0.1, 0.15) is 5.75 Å². The van der Waals surface area contributed by atoms with Gasteiger partial charge in [-0.25, -0.2) is 13.1 Å². The molecule has 2 aromatic rings. The van der Waals surface area contributed by atoms with Crippen LogP contribution in [-0.4, -0.2) is 53.0 Å². The van der Waals surface area contributed by atoms with Crippen molar-refractivity contribution < 1.29 is 22.7 Å². The lowest BCUT2D eigenvalue weighted by Gasteiger charge is -2.46. The molecule has 9 heteroatoms. The number of carbonyl (C=O) groups excluding carboxylic acids is 1. The SMILES string of the molecule is CO[C@@H]1/C(C)=C/C(C)CCS(=O)(=O)NC(=O)c2ccc3c(c2)N(C[C@@H]2CC[C@H]21)C[C@@]1(CCCc2cc(Cl)ccc21)CO3. The first kappa shape index (κ1) is 29.5. The molecule has 2 aliphatic carbocycles.